The second-order valence-corrected chi connectivity index (χ2v) is 13.6. The normalized spacial score (nSPS) is 11.6. The average molecular weight is 643 g/mol. The molecule has 0 radical (unpaired) electrons. The van der Waals surface area contributed by atoms with E-state index < -0.39 is 0 Å². The van der Waals surface area contributed by atoms with Gasteiger partial charge in [0.05, 0.1) is 16.7 Å². The van der Waals surface area contributed by atoms with Gasteiger partial charge in [-0.15, -0.1) is 0 Å². The summed E-state index contributed by atoms with van der Waals surface area (Å²) in [7, 11) is 0. The van der Waals surface area contributed by atoms with E-state index in [-0.39, 0.29) is 0 Å². The summed E-state index contributed by atoms with van der Waals surface area (Å²) in [6.07, 6.45) is 0. The van der Waals surface area contributed by atoms with E-state index in [1.165, 1.54) is 82.4 Å². The molecule has 0 fully saturated rings. The average Bonchev–Trinajstić information content (AvgIpc) is 3.48. The Morgan fingerprint density at radius 3 is 1.50 bits per heavy atom. The van der Waals surface area contributed by atoms with Gasteiger partial charge in [-0.1, -0.05) is 97.1 Å². The number of rotatable bonds is 5. The van der Waals surface area contributed by atoms with Gasteiger partial charge in [0.15, 0.2) is 0 Å². The molecule has 9 aromatic rings. The summed E-state index contributed by atoms with van der Waals surface area (Å²) in [6.45, 7) is 8.95. The maximum atomic E-state index is 2.50. The molecule has 0 amide bonds. The van der Waals surface area contributed by atoms with Crippen LogP contribution in [0, 0.1) is 27.7 Å². The summed E-state index contributed by atoms with van der Waals surface area (Å²) < 4.78 is 2.39. The van der Waals surface area contributed by atoms with Crippen LogP contribution in [0.25, 0.3) is 60.2 Å². The molecule has 1 heterocycles. The molecule has 50 heavy (non-hydrogen) atoms. The largest absolute Gasteiger partial charge is 0.309 e. The van der Waals surface area contributed by atoms with E-state index in [2.05, 4.69) is 195 Å². The fraction of sp³-hybridized carbons (Fsp3) is 0.0833. The first-order chi connectivity index (χ1) is 24.5. The minimum absolute atomic E-state index is 1.13. The van der Waals surface area contributed by atoms with Gasteiger partial charge in [0.2, 0.25) is 0 Å². The Bertz CT molecular complexity index is 2650. The van der Waals surface area contributed by atoms with Crippen LogP contribution in [-0.4, -0.2) is 4.57 Å². The third kappa shape index (κ3) is 4.71. The zero-order valence-electron chi connectivity index (χ0n) is 28.9. The van der Waals surface area contributed by atoms with E-state index in [0.29, 0.717) is 0 Å². The quantitative estimate of drug-likeness (QED) is 0.170. The van der Waals surface area contributed by atoms with Crippen LogP contribution < -0.4 is 4.90 Å². The number of benzene rings is 8. The molecular formula is C48H38N2. The van der Waals surface area contributed by atoms with Gasteiger partial charge in [0, 0.05) is 38.6 Å². The maximum absolute atomic E-state index is 2.50. The number of fused-ring (bicyclic) bond motifs is 5. The van der Waals surface area contributed by atoms with Crippen molar-refractivity contribution in [1.82, 2.24) is 4.57 Å². The van der Waals surface area contributed by atoms with Crippen LogP contribution in [0.2, 0.25) is 0 Å². The first-order valence-corrected chi connectivity index (χ1v) is 17.4. The van der Waals surface area contributed by atoms with Crippen molar-refractivity contribution in [2.75, 3.05) is 4.90 Å². The van der Waals surface area contributed by atoms with Crippen molar-refractivity contribution in [3.8, 4) is 16.8 Å². The summed E-state index contributed by atoms with van der Waals surface area (Å²) in [6, 6.07) is 57.9. The third-order valence-corrected chi connectivity index (χ3v) is 10.5. The Kier molecular flexibility index (Phi) is 7.07. The third-order valence-electron chi connectivity index (χ3n) is 10.5. The second-order valence-electron chi connectivity index (χ2n) is 13.6. The minimum atomic E-state index is 1.13. The molecule has 1 aromatic heterocycles. The number of aryl methyl sites for hydroxylation is 4. The van der Waals surface area contributed by atoms with Gasteiger partial charge < -0.3 is 9.47 Å². The van der Waals surface area contributed by atoms with Gasteiger partial charge >= 0.3 is 0 Å². The van der Waals surface area contributed by atoms with Gasteiger partial charge in [-0.05, 0) is 133 Å². The number of nitrogens with zero attached hydrogens (tertiary/aromatic N) is 2. The minimum Gasteiger partial charge on any atom is -0.309 e. The van der Waals surface area contributed by atoms with E-state index in [4.69, 9.17) is 0 Å². The topological polar surface area (TPSA) is 8.17 Å². The number of anilines is 3. The zero-order valence-corrected chi connectivity index (χ0v) is 28.9. The van der Waals surface area contributed by atoms with E-state index in [0.717, 1.165) is 17.1 Å². The molecular weight excluding hydrogens is 605 g/mol. The monoisotopic (exact) mass is 642 g/mol. The molecule has 0 saturated carbocycles. The highest BCUT2D eigenvalue weighted by Crippen LogP contribution is 2.50. The van der Waals surface area contributed by atoms with Crippen molar-refractivity contribution >= 4 is 60.4 Å². The number of para-hydroxylation sites is 3. The van der Waals surface area contributed by atoms with E-state index >= 15 is 0 Å². The van der Waals surface area contributed by atoms with Crippen molar-refractivity contribution in [2.45, 2.75) is 27.7 Å². The van der Waals surface area contributed by atoms with E-state index in [9.17, 15) is 0 Å². The van der Waals surface area contributed by atoms with Gasteiger partial charge in [0.1, 0.15) is 0 Å². The Balaban J connectivity index is 1.43. The molecule has 0 aliphatic rings. The van der Waals surface area contributed by atoms with Crippen LogP contribution in [0.3, 0.4) is 0 Å². The van der Waals surface area contributed by atoms with Gasteiger partial charge in [-0.25, -0.2) is 0 Å². The predicted octanol–water partition coefficient (Wildman–Crippen LogP) is 13.5. The molecule has 9 rings (SSSR count). The highest BCUT2D eigenvalue weighted by atomic mass is 15.1. The highest BCUT2D eigenvalue weighted by Gasteiger charge is 2.24. The van der Waals surface area contributed by atoms with Crippen LogP contribution in [-0.2, 0) is 0 Å². The molecule has 0 aliphatic heterocycles. The van der Waals surface area contributed by atoms with Crippen molar-refractivity contribution in [3.63, 3.8) is 0 Å². The van der Waals surface area contributed by atoms with Gasteiger partial charge in [-0.3, -0.25) is 0 Å². The lowest BCUT2D eigenvalue weighted by atomic mass is 9.86. The first kappa shape index (κ1) is 30.0. The molecule has 0 spiro atoms. The van der Waals surface area contributed by atoms with Crippen LogP contribution in [0.1, 0.15) is 22.3 Å². The summed E-state index contributed by atoms with van der Waals surface area (Å²) in [5, 5.41) is 7.52. The SMILES string of the molecule is Cc1cc2c(-c3ccccc3)c3cc(C)c(C)cc3c(N(c3ccccc3)c3ccc4c(c3)c3ccccc3n4-c3ccccc3)c2cc1C. The molecule has 0 atom stereocenters. The summed E-state index contributed by atoms with van der Waals surface area (Å²) in [4.78, 5) is 2.50. The zero-order chi connectivity index (χ0) is 33.9. The fourth-order valence-corrected chi connectivity index (χ4v) is 7.82. The highest BCUT2D eigenvalue weighted by molar-refractivity contribution is 6.23. The Morgan fingerprint density at radius 1 is 0.380 bits per heavy atom. The van der Waals surface area contributed by atoms with Crippen molar-refractivity contribution < 1.29 is 0 Å². The van der Waals surface area contributed by atoms with Crippen molar-refractivity contribution in [3.05, 3.63) is 180 Å². The molecule has 0 unspecified atom stereocenters. The Morgan fingerprint density at radius 2 is 0.880 bits per heavy atom. The fourth-order valence-electron chi connectivity index (χ4n) is 7.82. The van der Waals surface area contributed by atoms with Crippen LogP contribution >= 0.6 is 0 Å². The number of aromatic nitrogens is 1. The van der Waals surface area contributed by atoms with Crippen LogP contribution in [0.5, 0.6) is 0 Å². The summed E-state index contributed by atoms with van der Waals surface area (Å²) in [5.41, 5.74) is 14.7. The number of hydrogen-bond donors (Lipinski definition) is 0. The number of hydrogen-bond acceptors (Lipinski definition) is 1. The Hall–Kier alpha value is -6.12. The Labute approximate surface area is 293 Å². The van der Waals surface area contributed by atoms with Gasteiger partial charge in [-0.2, -0.15) is 0 Å². The summed E-state index contributed by atoms with van der Waals surface area (Å²) in [5.74, 6) is 0. The standard InChI is InChI=1S/C48H38N2/c1-31-26-41-43(28-33(31)3)48(44-29-34(4)32(2)27-42(44)47(41)35-16-8-5-9-17-35)49(36-18-10-6-11-19-36)38-24-25-46-40(30-38)39-22-14-15-23-45(39)50(46)37-20-12-7-13-21-37/h5-30H,1-4H3. The maximum Gasteiger partial charge on any atom is 0.0619 e. The van der Waals surface area contributed by atoms with Crippen LogP contribution in [0.15, 0.2) is 158 Å². The van der Waals surface area contributed by atoms with Crippen molar-refractivity contribution in [1.29, 1.82) is 0 Å². The van der Waals surface area contributed by atoms with Crippen LogP contribution in [0.4, 0.5) is 17.1 Å². The lowest BCUT2D eigenvalue weighted by molar-refractivity contribution is 1.18. The van der Waals surface area contributed by atoms with E-state index in [1.807, 2.05) is 0 Å². The molecule has 2 nitrogen and oxygen atoms in total. The van der Waals surface area contributed by atoms with E-state index in [1.54, 1.807) is 0 Å². The molecule has 240 valence electrons. The molecule has 0 bridgehead atoms. The molecule has 0 aliphatic carbocycles. The molecule has 8 aromatic carbocycles. The van der Waals surface area contributed by atoms with Gasteiger partial charge in [0.25, 0.3) is 0 Å². The van der Waals surface area contributed by atoms with Crippen molar-refractivity contribution in [2.24, 2.45) is 0 Å². The molecule has 0 N–H and O–H groups in total. The smallest absolute Gasteiger partial charge is 0.0619 e. The predicted molar refractivity (Wildman–Crippen MR) is 215 cm³/mol. The molecule has 0 saturated heterocycles. The first-order valence-electron chi connectivity index (χ1n) is 17.4. The second kappa shape index (κ2) is 11.8. The lowest BCUT2D eigenvalue weighted by Gasteiger charge is -2.30. The lowest BCUT2D eigenvalue weighted by Crippen LogP contribution is -2.12. The summed E-state index contributed by atoms with van der Waals surface area (Å²) >= 11 is 0. The molecule has 2 heteroatoms.